The molecule has 0 spiro atoms. The molecule has 1 aromatic carbocycles. The van der Waals surface area contributed by atoms with Gasteiger partial charge in [0.25, 0.3) is 0 Å². The molecule has 1 heterocycles. The lowest BCUT2D eigenvalue weighted by Gasteiger charge is -2.24. The maximum absolute atomic E-state index is 12.5. The van der Waals surface area contributed by atoms with Gasteiger partial charge in [-0.1, -0.05) is 49.6 Å². The molecule has 0 bridgehead atoms. The maximum atomic E-state index is 12.5. The Hall–Kier alpha value is -2.83. The van der Waals surface area contributed by atoms with Crippen molar-refractivity contribution in [3.8, 4) is 0 Å². The summed E-state index contributed by atoms with van der Waals surface area (Å²) in [6.45, 7) is 1.09. The third kappa shape index (κ3) is 5.87. The molecule has 3 amide bonds. The van der Waals surface area contributed by atoms with E-state index in [1.807, 2.05) is 24.4 Å². The van der Waals surface area contributed by atoms with Crippen LogP contribution in [0.4, 0.5) is 4.79 Å². The highest BCUT2D eigenvalue weighted by atomic mass is 16.2. The standard InChI is InChI=1S/C24H33N5O2/c30-23(14-15-25-24(31)27-19-10-5-2-6-11-19)28-21-12-7-13-22-20(21)16-26-29(22)17-18-8-3-1-4-9-18/h1,3-4,8-9,16,19,21H,2,5-7,10-15,17H2,(H,28,30)(H2,25,27,31). The lowest BCUT2D eigenvalue weighted by atomic mass is 9.92. The maximum Gasteiger partial charge on any atom is 0.315 e. The molecule has 3 N–H and O–H groups in total. The van der Waals surface area contributed by atoms with Gasteiger partial charge in [0.1, 0.15) is 0 Å². The highest BCUT2D eigenvalue weighted by Gasteiger charge is 2.25. The molecule has 7 heteroatoms. The Morgan fingerprint density at radius 2 is 1.81 bits per heavy atom. The van der Waals surface area contributed by atoms with Crippen LogP contribution in [0, 0.1) is 0 Å². The summed E-state index contributed by atoms with van der Waals surface area (Å²) in [6.07, 6.45) is 10.8. The number of nitrogens with zero attached hydrogens (tertiary/aromatic N) is 2. The van der Waals surface area contributed by atoms with E-state index >= 15 is 0 Å². The molecule has 4 rings (SSSR count). The van der Waals surface area contributed by atoms with E-state index in [9.17, 15) is 9.59 Å². The summed E-state index contributed by atoms with van der Waals surface area (Å²) in [5.41, 5.74) is 3.56. The first-order valence-electron chi connectivity index (χ1n) is 11.6. The van der Waals surface area contributed by atoms with Crippen LogP contribution in [-0.2, 0) is 17.8 Å². The second-order valence-electron chi connectivity index (χ2n) is 8.69. The monoisotopic (exact) mass is 423 g/mol. The first-order chi connectivity index (χ1) is 15.2. The van der Waals surface area contributed by atoms with Crippen molar-refractivity contribution in [1.29, 1.82) is 0 Å². The Morgan fingerprint density at radius 3 is 2.61 bits per heavy atom. The molecule has 2 aromatic rings. The second-order valence-corrected chi connectivity index (χ2v) is 8.69. The number of amides is 3. The van der Waals surface area contributed by atoms with E-state index in [-0.39, 0.29) is 30.4 Å². The van der Waals surface area contributed by atoms with Gasteiger partial charge in [-0.05, 0) is 37.7 Å². The molecule has 1 aromatic heterocycles. The Labute approximate surface area is 184 Å². The van der Waals surface area contributed by atoms with E-state index in [0.29, 0.717) is 6.54 Å². The number of fused-ring (bicyclic) bond motifs is 1. The average molecular weight is 424 g/mol. The Kier molecular flexibility index (Phi) is 7.22. The first-order valence-corrected chi connectivity index (χ1v) is 11.6. The van der Waals surface area contributed by atoms with Crippen LogP contribution in [0.25, 0.3) is 0 Å². The molecule has 0 radical (unpaired) electrons. The normalized spacial score (nSPS) is 18.8. The minimum atomic E-state index is -0.165. The van der Waals surface area contributed by atoms with E-state index in [2.05, 4.69) is 37.9 Å². The highest BCUT2D eigenvalue weighted by molar-refractivity contribution is 5.78. The number of hydrogen-bond donors (Lipinski definition) is 3. The van der Waals surface area contributed by atoms with Gasteiger partial charge in [0.2, 0.25) is 5.91 Å². The van der Waals surface area contributed by atoms with Crippen molar-refractivity contribution in [1.82, 2.24) is 25.7 Å². The van der Waals surface area contributed by atoms with E-state index in [0.717, 1.165) is 44.2 Å². The lowest BCUT2D eigenvalue weighted by molar-refractivity contribution is -0.121. The molecule has 2 aliphatic carbocycles. The van der Waals surface area contributed by atoms with Gasteiger partial charge >= 0.3 is 6.03 Å². The van der Waals surface area contributed by atoms with Crippen molar-refractivity contribution in [2.45, 2.75) is 76.4 Å². The summed E-state index contributed by atoms with van der Waals surface area (Å²) in [7, 11) is 0. The quantitative estimate of drug-likeness (QED) is 0.637. The second kappa shape index (κ2) is 10.5. The topological polar surface area (TPSA) is 88.1 Å². The fraction of sp³-hybridized carbons (Fsp3) is 0.542. The highest BCUT2D eigenvalue weighted by Crippen LogP contribution is 2.30. The first kappa shape index (κ1) is 21.4. The molecular formula is C24H33N5O2. The molecule has 0 aliphatic heterocycles. The van der Waals surface area contributed by atoms with Gasteiger partial charge in [-0.15, -0.1) is 0 Å². The Bertz CT molecular complexity index is 873. The van der Waals surface area contributed by atoms with Gasteiger partial charge in [-0.2, -0.15) is 5.10 Å². The minimum Gasteiger partial charge on any atom is -0.349 e. The molecule has 1 saturated carbocycles. The third-order valence-corrected chi connectivity index (χ3v) is 6.35. The predicted octanol–water partition coefficient (Wildman–Crippen LogP) is 3.45. The zero-order valence-corrected chi connectivity index (χ0v) is 18.1. The Balaban J connectivity index is 1.24. The van der Waals surface area contributed by atoms with Crippen LogP contribution in [0.2, 0.25) is 0 Å². The van der Waals surface area contributed by atoms with Crippen LogP contribution < -0.4 is 16.0 Å². The molecule has 7 nitrogen and oxygen atoms in total. The van der Waals surface area contributed by atoms with Crippen molar-refractivity contribution in [3.05, 3.63) is 53.3 Å². The van der Waals surface area contributed by atoms with Crippen LogP contribution in [0.5, 0.6) is 0 Å². The summed E-state index contributed by atoms with van der Waals surface area (Å²) in [4.78, 5) is 24.5. The number of rotatable bonds is 7. The smallest absolute Gasteiger partial charge is 0.315 e. The fourth-order valence-electron chi connectivity index (χ4n) is 4.70. The summed E-state index contributed by atoms with van der Waals surface area (Å²) >= 11 is 0. The average Bonchev–Trinajstić information content (AvgIpc) is 3.19. The summed E-state index contributed by atoms with van der Waals surface area (Å²) in [6, 6.07) is 10.4. The fourth-order valence-corrected chi connectivity index (χ4v) is 4.70. The number of aromatic nitrogens is 2. The zero-order chi connectivity index (χ0) is 21.5. The van der Waals surface area contributed by atoms with Gasteiger partial charge in [0, 0.05) is 30.3 Å². The number of carbonyl (C=O) groups excluding carboxylic acids is 2. The zero-order valence-electron chi connectivity index (χ0n) is 18.1. The van der Waals surface area contributed by atoms with Crippen LogP contribution in [0.15, 0.2) is 36.5 Å². The molecule has 166 valence electrons. The van der Waals surface area contributed by atoms with E-state index in [1.54, 1.807) is 0 Å². The van der Waals surface area contributed by atoms with E-state index in [1.165, 1.54) is 30.5 Å². The van der Waals surface area contributed by atoms with Crippen molar-refractivity contribution in [2.24, 2.45) is 0 Å². The molecule has 1 fully saturated rings. The van der Waals surface area contributed by atoms with Crippen molar-refractivity contribution in [3.63, 3.8) is 0 Å². The van der Waals surface area contributed by atoms with Gasteiger partial charge < -0.3 is 16.0 Å². The minimum absolute atomic E-state index is 0.00293. The van der Waals surface area contributed by atoms with Gasteiger partial charge in [-0.25, -0.2) is 4.79 Å². The van der Waals surface area contributed by atoms with Crippen molar-refractivity contribution < 1.29 is 9.59 Å². The summed E-state index contributed by atoms with van der Waals surface area (Å²) in [5, 5.41) is 13.6. The third-order valence-electron chi connectivity index (χ3n) is 6.35. The number of urea groups is 1. The van der Waals surface area contributed by atoms with Crippen molar-refractivity contribution >= 4 is 11.9 Å². The van der Waals surface area contributed by atoms with Crippen LogP contribution in [0.3, 0.4) is 0 Å². The number of hydrogen-bond acceptors (Lipinski definition) is 3. The largest absolute Gasteiger partial charge is 0.349 e. The van der Waals surface area contributed by atoms with Gasteiger partial charge in [0.05, 0.1) is 18.8 Å². The van der Waals surface area contributed by atoms with E-state index in [4.69, 9.17) is 0 Å². The lowest BCUT2D eigenvalue weighted by Crippen LogP contribution is -2.44. The van der Waals surface area contributed by atoms with Gasteiger partial charge in [0.15, 0.2) is 0 Å². The molecule has 31 heavy (non-hydrogen) atoms. The molecule has 1 unspecified atom stereocenters. The number of carbonyl (C=O) groups is 2. The number of nitrogens with one attached hydrogen (secondary N) is 3. The molecule has 1 atom stereocenters. The summed E-state index contributed by atoms with van der Waals surface area (Å²) < 4.78 is 2.06. The van der Waals surface area contributed by atoms with Crippen LogP contribution in [0.1, 0.15) is 74.2 Å². The van der Waals surface area contributed by atoms with Crippen molar-refractivity contribution in [2.75, 3.05) is 6.54 Å². The number of benzene rings is 1. The molecule has 0 saturated heterocycles. The summed E-state index contributed by atoms with van der Waals surface area (Å²) in [5.74, 6) is -0.0355. The van der Waals surface area contributed by atoms with Gasteiger partial charge in [-0.3, -0.25) is 9.48 Å². The predicted molar refractivity (Wildman–Crippen MR) is 120 cm³/mol. The van der Waals surface area contributed by atoms with E-state index < -0.39 is 0 Å². The Morgan fingerprint density at radius 1 is 1.00 bits per heavy atom. The SMILES string of the molecule is O=C(CCNC(=O)NC1CCCCC1)NC1CCCc2c1cnn2Cc1ccccc1. The van der Waals surface area contributed by atoms with Crippen LogP contribution >= 0.6 is 0 Å². The molecule has 2 aliphatic rings. The molecular weight excluding hydrogens is 390 g/mol. The van der Waals surface area contributed by atoms with Crippen LogP contribution in [-0.4, -0.2) is 34.3 Å².